The molecule has 0 aliphatic carbocycles. The van der Waals surface area contributed by atoms with Crippen molar-refractivity contribution >= 4 is 29.4 Å². The smallest absolute Gasteiger partial charge is 0.324 e. The molecule has 138 valence electrons. The lowest BCUT2D eigenvalue weighted by atomic mass is 10.1. The summed E-state index contributed by atoms with van der Waals surface area (Å²) in [5, 5.41) is 1.76. The van der Waals surface area contributed by atoms with Gasteiger partial charge in [-0.2, -0.15) is 13.2 Å². The molecule has 1 aliphatic rings. The fourth-order valence-electron chi connectivity index (χ4n) is 2.35. The highest BCUT2D eigenvalue weighted by Crippen LogP contribution is 2.25. The summed E-state index contributed by atoms with van der Waals surface area (Å²) in [5.74, 6) is -5.35. The topological polar surface area (TPSA) is 92.8 Å². The number of benzene rings is 2. The van der Waals surface area contributed by atoms with E-state index in [0.717, 1.165) is 12.1 Å². The van der Waals surface area contributed by atoms with Gasteiger partial charge in [-0.05, 0) is 24.3 Å². The number of fused-ring (bicyclic) bond motifs is 1. The number of imide groups is 1. The predicted octanol–water partition coefficient (Wildman–Crippen LogP) is 2.56. The van der Waals surface area contributed by atoms with Crippen molar-refractivity contribution in [2.24, 2.45) is 0 Å². The lowest BCUT2D eigenvalue weighted by Gasteiger charge is -2.15. The van der Waals surface area contributed by atoms with Gasteiger partial charge in [0.1, 0.15) is 0 Å². The molecule has 0 bridgehead atoms. The van der Waals surface area contributed by atoms with Gasteiger partial charge in [-0.15, -0.1) is 0 Å². The SMILES string of the molecule is O=C(ON1C(=O)c2ccccc2C1=O)c1ccccc1NC(=O)C(F)(F)F. The lowest BCUT2D eigenvalue weighted by molar-refractivity contribution is -0.167. The molecule has 0 atom stereocenters. The third-order valence-electron chi connectivity index (χ3n) is 3.58. The second-order valence-electron chi connectivity index (χ2n) is 5.33. The van der Waals surface area contributed by atoms with E-state index in [0.29, 0.717) is 0 Å². The number of nitrogens with one attached hydrogen (secondary N) is 1. The van der Waals surface area contributed by atoms with E-state index in [1.807, 2.05) is 0 Å². The van der Waals surface area contributed by atoms with Crippen LogP contribution >= 0.6 is 0 Å². The molecule has 3 amide bonds. The number of alkyl halides is 3. The third kappa shape index (κ3) is 3.36. The van der Waals surface area contributed by atoms with Crippen molar-refractivity contribution in [3.63, 3.8) is 0 Å². The third-order valence-corrected chi connectivity index (χ3v) is 3.58. The predicted molar refractivity (Wildman–Crippen MR) is 83.5 cm³/mol. The Bertz CT molecular complexity index is 936. The molecule has 0 saturated heterocycles. The van der Waals surface area contributed by atoms with Crippen molar-refractivity contribution in [3.05, 3.63) is 65.2 Å². The molecule has 0 spiro atoms. The fourth-order valence-corrected chi connectivity index (χ4v) is 2.35. The Hall–Kier alpha value is -3.69. The van der Waals surface area contributed by atoms with Crippen molar-refractivity contribution < 1.29 is 37.2 Å². The van der Waals surface area contributed by atoms with Gasteiger partial charge < -0.3 is 10.2 Å². The number of hydrogen-bond donors (Lipinski definition) is 1. The number of carbonyl (C=O) groups is 4. The molecule has 10 heteroatoms. The molecule has 1 aliphatic heterocycles. The summed E-state index contributed by atoms with van der Waals surface area (Å²) in [6, 6.07) is 10.5. The van der Waals surface area contributed by atoms with Crippen molar-refractivity contribution in [3.8, 4) is 0 Å². The van der Waals surface area contributed by atoms with Crippen LogP contribution in [0.25, 0.3) is 0 Å². The largest absolute Gasteiger partial charge is 0.471 e. The summed E-state index contributed by atoms with van der Waals surface area (Å²) in [6.07, 6.45) is -5.17. The van der Waals surface area contributed by atoms with Crippen LogP contribution in [0, 0.1) is 0 Å². The molecule has 2 aromatic rings. The van der Waals surface area contributed by atoms with Gasteiger partial charge in [0, 0.05) is 0 Å². The first-order valence-corrected chi connectivity index (χ1v) is 7.37. The zero-order valence-corrected chi connectivity index (χ0v) is 13.2. The Balaban J connectivity index is 1.83. The van der Waals surface area contributed by atoms with Crippen molar-refractivity contribution in [1.82, 2.24) is 5.06 Å². The van der Waals surface area contributed by atoms with Gasteiger partial charge in [-0.1, -0.05) is 29.3 Å². The Kier molecular flexibility index (Phi) is 4.40. The maximum Gasteiger partial charge on any atom is 0.471 e. The van der Waals surface area contributed by atoms with Crippen molar-refractivity contribution in [2.75, 3.05) is 5.32 Å². The molecule has 1 N–H and O–H groups in total. The second kappa shape index (κ2) is 6.56. The van der Waals surface area contributed by atoms with E-state index in [-0.39, 0.29) is 16.2 Å². The number of para-hydroxylation sites is 1. The Morgan fingerprint density at radius 3 is 1.96 bits per heavy atom. The number of amides is 3. The van der Waals surface area contributed by atoms with E-state index in [9.17, 15) is 32.3 Å². The molecule has 3 rings (SSSR count). The van der Waals surface area contributed by atoms with E-state index >= 15 is 0 Å². The van der Waals surface area contributed by atoms with E-state index < -0.39 is 41.1 Å². The number of nitrogens with zero attached hydrogens (tertiary/aromatic N) is 1. The summed E-state index contributed by atoms with van der Waals surface area (Å²) in [4.78, 5) is 52.5. The minimum absolute atomic E-state index is 0.0222. The first-order valence-electron chi connectivity index (χ1n) is 7.37. The number of hydroxylamine groups is 2. The molecule has 0 saturated carbocycles. The molecule has 0 fully saturated rings. The van der Waals surface area contributed by atoms with Crippen LogP contribution < -0.4 is 5.32 Å². The zero-order valence-electron chi connectivity index (χ0n) is 13.2. The summed E-state index contributed by atoms with van der Waals surface area (Å²) < 4.78 is 37.3. The molecule has 0 radical (unpaired) electrons. The number of carbonyl (C=O) groups excluding carboxylic acids is 4. The van der Waals surface area contributed by atoms with Crippen LogP contribution in [0.15, 0.2) is 48.5 Å². The maximum absolute atomic E-state index is 12.4. The summed E-state index contributed by atoms with van der Waals surface area (Å²) in [6.45, 7) is 0. The van der Waals surface area contributed by atoms with Gasteiger partial charge in [-0.25, -0.2) is 4.79 Å². The van der Waals surface area contributed by atoms with Crippen molar-refractivity contribution in [1.29, 1.82) is 0 Å². The Morgan fingerprint density at radius 2 is 1.41 bits per heavy atom. The van der Waals surface area contributed by atoms with E-state index in [1.165, 1.54) is 36.4 Å². The Morgan fingerprint density at radius 1 is 0.889 bits per heavy atom. The first-order chi connectivity index (χ1) is 12.7. The van der Waals surface area contributed by atoms with Crippen LogP contribution in [0.1, 0.15) is 31.1 Å². The van der Waals surface area contributed by atoms with Gasteiger partial charge in [-0.3, -0.25) is 14.4 Å². The number of rotatable bonds is 3. The van der Waals surface area contributed by atoms with Crippen LogP contribution in [-0.4, -0.2) is 34.9 Å². The number of hydrogen-bond acceptors (Lipinski definition) is 5. The average molecular weight is 378 g/mol. The number of halogens is 3. The normalized spacial score (nSPS) is 13.4. The minimum atomic E-state index is -5.17. The summed E-state index contributed by atoms with van der Waals surface area (Å²) in [7, 11) is 0. The molecule has 27 heavy (non-hydrogen) atoms. The minimum Gasteiger partial charge on any atom is -0.324 e. The highest BCUT2D eigenvalue weighted by Gasteiger charge is 2.41. The van der Waals surface area contributed by atoms with Gasteiger partial charge in [0.05, 0.1) is 22.4 Å². The van der Waals surface area contributed by atoms with E-state index in [1.54, 1.807) is 5.32 Å². The van der Waals surface area contributed by atoms with Crippen LogP contribution in [0.3, 0.4) is 0 Å². The van der Waals surface area contributed by atoms with Crippen LogP contribution in [0.2, 0.25) is 0 Å². The van der Waals surface area contributed by atoms with Crippen LogP contribution in [0.5, 0.6) is 0 Å². The maximum atomic E-state index is 12.4. The molecule has 2 aromatic carbocycles. The lowest BCUT2D eigenvalue weighted by Crippen LogP contribution is -2.34. The molecule has 0 unspecified atom stereocenters. The zero-order chi connectivity index (χ0) is 19.8. The van der Waals surface area contributed by atoms with Crippen molar-refractivity contribution in [2.45, 2.75) is 6.18 Å². The van der Waals surface area contributed by atoms with Gasteiger partial charge in [0.15, 0.2) is 0 Å². The molecular formula is C17H9F3N2O5. The molecule has 1 heterocycles. The van der Waals surface area contributed by atoms with Crippen LogP contribution in [-0.2, 0) is 9.63 Å². The van der Waals surface area contributed by atoms with E-state index in [4.69, 9.17) is 4.84 Å². The quantitative estimate of drug-likeness (QED) is 0.829. The monoisotopic (exact) mass is 378 g/mol. The summed E-state index contributed by atoms with van der Waals surface area (Å²) >= 11 is 0. The fraction of sp³-hybridized carbons (Fsp3) is 0.0588. The van der Waals surface area contributed by atoms with Gasteiger partial charge in [0.2, 0.25) is 0 Å². The summed E-state index contributed by atoms with van der Waals surface area (Å²) in [5.41, 5.74) is -0.906. The molecule has 7 nitrogen and oxygen atoms in total. The molecular weight excluding hydrogens is 369 g/mol. The highest BCUT2D eigenvalue weighted by molar-refractivity contribution is 6.21. The highest BCUT2D eigenvalue weighted by atomic mass is 19.4. The average Bonchev–Trinajstić information content (AvgIpc) is 2.86. The standard InChI is InChI=1S/C17H9F3N2O5/c18-17(19,20)16(26)21-12-8-4-3-7-11(12)15(25)27-22-13(23)9-5-1-2-6-10(9)14(22)24/h1-8H,(H,21,26). The number of anilines is 1. The Labute approximate surface area is 149 Å². The second-order valence-corrected chi connectivity index (χ2v) is 5.33. The van der Waals surface area contributed by atoms with Gasteiger partial charge in [0.25, 0.3) is 11.8 Å². The molecule has 0 aromatic heterocycles. The van der Waals surface area contributed by atoms with E-state index in [2.05, 4.69) is 0 Å². The first kappa shape index (κ1) is 18.1. The van der Waals surface area contributed by atoms with Gasteiger partial charge >= 0.3 is 18.1 Å². The van der Waals surface area contributed by atoms with Crippen LogP contribution in [0.4, 0.5) is 18.9 Å².